The molecule has 0 bridgehead atoms. The van der Waals surface area contributed by atoms with Gasteiger partial charge in [-0.05, 0) is 24.1 Å². The van der Waals surface area contributed by atoms with Crippen LogP contribution >= 0.6 is 0 Å². The standard InChI is InChI=1S/C12H14N2O/c1-2-3-12(15)14-9-8-10-4-6-11(13)7-5-10/h1,4-7H,3,8-9,13H2,(H,14,15). The highest BCUT2D eigenvalue weighted by atomic mass is 16.1. The Morgan fingerprint density at radius 1 is 1.40 bits per heavy atom. The van der Waals surface area contributed by atoms with Crippen LogP contribution in [0.4, 0.5) is 5.69 Å². The Morgan fingerprint density at radius 3 is 2.67 bits per heavy atom. The largest absolute Gasteiger partial charge is 0.399 e. The number of rotatable bonds is 4. The SMILES string of the molecule is C#CCC(=O)NCCc1ccc(N)cc1. The van der Waals surface area contributed by atoms with E-state index >= 15 is 0 Å². The molecule has 3 heteroatoms. The van der Waals surface area contributed by atoms with Crippen molar-refractivity contribution in [1.82, 2.24) is 5.32 Å². The summed E-state index contributed by atoms with van der Waals surface area (Å²) in [5.41, 5.74) is 7.44. The van der Waals surface area contributed by atoms with Gasteiger partial charge in [-0.15, -0.1) is 6.42 Å². The first-order chi connectivity index (χ1) is 7.22. The average Bonchev–Trinajstić information content (AvgIpc) is 2.21. The molecular formula is C12H14N2O. The van der Waals surface area contributed by atoms with Crippen LogP contribution in [0.3, 0.4) is 0 Å². The monoisotopic (exact) mass is 202 g/mol. The average molecular weight is 202 g/mol. The van der Waals surface area contributed by atoms with Crippen LogP contribution in [-0.4, -0.2) is 12.5 Å². The molecule has 0 spiro atoms. The molecule has 78 valence electrons. The van der Waals surface area contributed by atoms with Gasteiger partial charge in [0.2, 0.25) is 5.91 Å². The number of carbonyl (C=O) groups is 1. The molecule has 3 N–H and O–H groups in total. The van der Waals surface area contributed by atoms with E-state index in [1.165, 1.54) is 0 Å². The van der Waals surface area contributed by atoms with Gasteiger partial charge in [-0.2, -0.15) is 0 Å². The van der Waals surface area contributed by atoms with Crippen LogP contribution in [0.1, 0.15) is 12.0 Å². The first kappa shape index (κ1) is 11.1. The number of terminal acetylenes is 1. The van der Waals surface area contributed by atoms with Gasteiger partial charge in [-0.1, -0.05) is 18.1 Å². The van der Waals surface area contributed by atoms with Crippen molar-refractivity contribution >= 4 is 11.6 Å². The number of anilines is 1. The molecule has 0 fully saturated rings. The van der Waals surface area contributed by atoms with E-state index in [4.69, 9.17) is 12.2 Å². The number of nitrogen functional groups attached to an aromatic ring is 1. The van der Waals surface area contributed by atoms with Crippen LogP contribution in [0.5, 0.6) is 0 Å². The minimum atomic E-state index is -0.104. The highest BCUT2D eigenvalue weighted by molar-refractivity contribution is 5.78. The maximum absolute atomic E-state index is 11.0. The summed E-state index contributed by atoms with van der Waals surface area (Å²) in [6.07, 6.45) is 5.93. The number of nitrogens with two attached hydrogens (primary N) is 1. The van der Waals surface area contributed by atoms with Crippen LogP contribution in [0.25, 0.3) is 0 Å². The van der Waals surface area contributed by atoms with Crippen molar-refractivity contribution in [2.45, 2.75) is 12.8 Å². The van der Waals surface area contributed by atoms with E-state index in [-0.39, 0.29) is 12.3 Å². The zero-order valence-corrected chi connectivity index (χ0v) is 8.49. The van der Waals surface area contributed by atoms with Crippen molar-refractivity contribution in [2.24, 2.45) is 0 Å². The number of hydrogen-bond donors (Lipinski definition) is 2. The van der Waals surface area contributed by atoms with E-state index in [0.717, 1.165) is 17.7 Å². The summed E-state index contributed by atoms with van der Waals surface area (Å²) < 4.78 is 0. The molecular weight excluding hydrogens is 188 g/mol. The van der Waals surface area contributed by atoms with E-state index in [2.05, 4.69) is 11.2 Å². The fourth-order valence-electron chi connectivity index (χ4n) is 1.19. The summed E-state index contributed by atoms with van der Waals surface area (Å²) in [6, 6.07) is 7.59. The molecule has 1 aromatic rings. The second kappa shape index (κ2) is 5.71. The Balaban J connectivity index is 2.29. The predicted octanol–water partition coefficient (Wildman–Crippen LogP) is 0.951. The highest BCUT2D eigenvalue weighted by Gasteiger charge is 1.97. The molecule has 3 nitrogen and oxygen atoms in total. The summed E-state index contributed by atoms with van der Waals surface area (Å²) in [4.78, 5) is 11.0. The lowest BCUT2D eigenvalue weighted by Crippen LogP contribution is -2.24. The van der Waals surface area contributed by atoms with Crippen molar-refractivity contribution in [3.63, 3.8) is 0 Å². The molecule has 0 aliphatic carbocycles. The third kappa shape index (κ3) is 4.19. The highest BCUT2D eigenvalue weighted by Crippen LogP contribution is 2.05. The molecule has 15 heavy (non-hydrogen) atoms. The van der Waals surface area contributed by atoms with Crippen molar-refractivity contribution in [1.29, 1.82) is 0 Å². The van der Waals surface area contributed by atoms with Crippen molar-refractivity contribution in [3.8, 4) is 12.3 Å². The van der Waals surface area contributed by atoms with Gasteiger partial charge in [0.05, 0.1) is 6.42 Å². The zero-order valence-electron chi connectivity index (χ0n) is 8.49. The fourth-order valence-corrected chi connectivity index (χ4v) is 1.19. The van der Waals surface area contributed by atoms with Crippen LogP contribution in [0.15, 0.2) is 24.3 Å². The molecule has 0 atom stereocenters. The van der Waals surface area contributed by atoms with Crippen LogP contribution in [0.2, 0.25) is 0 Å². The molecule has 1 aromatic carbocycles. The number of amides is 1. The second-order valence-electron chi connectivity index (χ2n) is 3.22. The Hall–Kier alpha value is -1.95. The Kier molecular flexibility index (Phi) is 4.24. The zero-order chi connectivity index (χ0) is 11.1. The molecule has 0 aliphatic heterocycles. The third-order valence-corrected chi connectivity index (χ3v) is 1.98. The first-order valence-corrected chi connectivity index (χ1v) is 4.77. The van der Waals surface area contributed by atoms with Crippen molar-refractivity contribution in [2.75, 3.05) is 12.3 Å². The lowest BCUT2D eigenvalue weighted by atomic mass is 10.1. The van der Waals surface area contributed by atoms with Gasteiger partial charge in [-0.25, -0.2) is 0 Å². The normalized spacial score (nSPS) is 9.27. The Labute approximate surface area is 89.7 Å². The molecule has 0 aliphatic rings. The molecule has 0 saturated carbocycles. The fraction of sp³-hybridized carbons (Fsp3) is 0.250. The number of benzene rings is 1. The van der Waals surface area contributed by atoms with Gasteiger partial charge in [0.1, 0.15) is 0 Å². The van der Waals surface area contributed by atoms with Gasteiger partial charge >= 0.3 is 0 Å². The lowest BCUT2D eigenvalue weighted by molar-refractivity contribution is -0.120. The van der Waals surface area contributed by atoms with E-state index in [1.807, 2.05) is 24.3 Å². The molecule has 0 radical (unpaired) electrons. The smallest absolute Gasteiger partial charge is 0.232 e. The van der Waals surface area contributed by atoms with Crippen LogP contribution in [-0.2, 0) is 11.2 Å². The summed E-state index contributed by atoms with van der Waals surface area (Å²) in [5, 5.41) is 2.73. The predicted molar refractivity (Wildman–Crippen MR) is 61.0 cm³/mol. The quantitative estimate of drug-likeness (QED) is 0.564. The Morgan fingerprint density at radius 2 is 2.07 bits per heavy atom. The summed E-state index contributed by atoms with van der Waals surface area (Å²) in [5.74, 6) is 2.19. The first-order valence-electron chi connectivity index (χ1n) is 4.77. The van der Waals surface area contributed by atoms with E-state index in [1.54, 1.807) is 0 Å². The molecule has 0 heterocycles. The molecule has 0 unspecified atom stereocenters. The van der Waals surface area contributed by atoms with E-state index < -0.39 is 0 Å². The molecule has 1 amide bonds. The van der Waals surface area contributed by atoms with Gasteiger partial charge in [0, 0.05) is 12.2 Å². The maximum atomic E-state index is 11.0. The summed E-state index contributed by atoms with van der Waals surface area (Å²) in [7, 11) is 0. The van der Waals surface area contributed by atoms with Crippen molar-refractivity contribution < 1.29 is 4.79 Å². The minimum Gasteiger partial charge on any atom is -0.399 e. The van der Waals surface area contributed by atoms with Gasteiger partial charge in [0.25, 0.3) is 0 Å². The summed E-state index contributed by atoms with van der Waals surface area (Å²) in [6.45, 7) is 0.602. The van der Waals surface area contributed by atoms with E-state index in [0.29, 0.717) is 6.54 Å². The summed E-state index contributed by atoms with van der Waals surface area (Å²) >= 11 is 0. The van der Waals surface area contributed by atoms with Gasteiger partial charge in [0.15, 0.2) is 0 Å². The van der Waals surface area contributed by atoms with Crippen molar-refractivity contribution in [3.05, 3.63) is 29.8 Å². The minimum absolute atomic E-state index is 0.104. The second-order valence-corrected chi connectivity index (χ2v) is 3.22. The number of hydrogen-bond acceptors (Lipinski definition) is 2. The maximum Gasteiger partial charge on any atom is 0.232 e. The Bertz CT molecular complexity index is 362. The van der Waals surface area contributed by atoms with Gasteiger partial charge < -0.3 is 11.1 Å². The third-order valence-electron chi connectivity index (χ3n) is 1.98. The number of nitrogens with one attached hydrogen (secondary N) is 1. The van der Waals surface area contributed by atoms with Crippen LogP contribution in [0, 0.1) is 12.3 Å². The molecule has 1 rings (SSSR count). The molecule has 0 aromatic heterocycles. The number of carbonyl (C=O) groups excluding carboxylic acids is 1. The van der Waals surface area contributed by atoms with Crippen LogP contribution < -0.4 is 11.1 Å². The molecule has 0 saturated heterocycles. The van der Waals surface area contributed by atoms with E-state index in [9.17, 15) is 4.79 Å². The lowest BCUT2D eigenvalue weighted by Gasteiger charge is -2.03. The topological polar surface area (TPSA) is 55.1 Å². The van der Waals surface area contributed by atoms with Gasteiger partial charge in [-0.3, -0.25) is 4.79 Å².